The summed E-state index contributed by atoms with van der Waals surface area (Å²) in [6.07, 6.45) is 1.26. The van der Waals surface area contributed by atoms with E-state index in [2.05, 4.69) is 20.4 Å². The molecule has 0 bridgehead atoms. The third-order valence-electron chi connectivity index (χ3n) is 3.61. The first-order chi connectivity index (χ1) is 10.0. The molecule has 1 fully saturated rings. The highest BCUT2D eigenvalue weighted by molar-refractivity contribution is 6.29. The number of anilines is 2. The van der Waals surface area contributed by atoms with Gasteiger partial charge in [0.25, 0.3) is 5.56 Å². The molecule has 3 rings (SSSR count). The first kappa shape index (κ1) is 14.1. The van der Waals surface area contributed by atoms with Gasteiger partial charge in [0.2, 0.25) is 0 Å². The van der Waals surface area contributed by atoms with Crippen LogP contribution in [0.3, 0.4) is 0 Å². The summed E-state index contributed by atoms with van der Waals surface area (Å²) in [5, 5.41) is 11.5. The molecule has 112 valence electrons. The number of aromatic nitrogens is 4. The number of hydrogen-bond donors (Lipinski definition) is 1. The predicted octanol–water partition coefficient (Wildman–Crippen LogP) is 1.12. The lowest BCUT2D eigenvalue weighted by molar-refractivity contribution is 0.168. The monoisotopic (exact) mass is 308 g/mol. The number of nitrogens with one attached hydrogen (secondary N) is 1. The van der Waals surface area contributed by atoms with E-state index in [1.807, 2.05) is 17.8 Å². The molecule has 7 nitrogen and oxygen atoms in total. The van der Waals surface area contributed by atoms with Crippen LogP contribution in [0, 0.1) is 0 Å². The molecule has 1 aliphatic rings. The predicted molar refractivity (Wildman–Crippen MR) is 80.9 cm³/mol. The van der Waals surface area contributed by atoms with Gasteiger partial charge >= 0.3 is 0 Å². The summed E-state index contributed by atoms with van der Waals surface area (Å²) in [5.74, 6) is 0.632. The second kappa shape index (κ2) is 5.50. The number of aryl methyl sites for hydroxylation is 2. The van der Waals surface area contributed by atoms with Gasteiger partial charge in [-0.2, -0.15) is 10.2 Å². The van der Waals surface area contributed by atoms with Gasteiger partial charge in [0.15, 0.2) is 11.0 Å². The van der Waals surface area contributed by atoms with Crippen molar-refractivity contribution in [1.29, 1.82) is 0 Å². The number of rotatable bonds is 4. The Bertz CT molecular complexity index is 718. The lowest BCUT2D eigenvalue weighted by Crippen LogP contribution is -2.36. The second-order valence-electron chi connectivity index (χ2n) is 5.21. The van der Waals surface area contributed by atoms with Crippen molar-refractivity contribution in [3.8, 4) is 0 Å². The van der Waals surface area contributed by atoms with Crippen LogP contribution in [-0.4, -0.2) is 37.6 Å². The maximum absolute atomic E-state index is 12.0. The van der Waals surface area contributed by atoms with Crippen molar-refractivity contribution in [3.05, 3.63) is 33.3 Å². The molecule has 0 saturated carbocycles. The van der Waals surface area contributed by atoms with Crippen molar-refractivity contribution < 1.29 is 0 Å². The third-order valence-corrected chi connectivity index (χ3v) is 3.79. The standard InChI is InChI=1S/C13H17ClN6O/c1-18-9(8-20-4-3-5-20)6-12(17-18)15-10-7-11(14)16-19(2)13(10)21/h6-7H,3-5,8H2,1-2H3,(H,15,17). The van der Waals surface area contributed by atoms with Crippen LogP contribution in [0.1, 0.15) is 12.1 Å². The first-order valence-electron chi connectivity index (χ1n) is 6.79. The highest BCUT2D eigenvalue weighted by atomic mass is 35.5. The van der Waals surface area contributed by atoms with Gasteiger partial charge < -0.3 is 5.32 Å². The fourth-order valence-corrected chi connectivity index (χ4v) is 2.51. The van der Waals surface area contributed by atoms with Crippen LogP contribution in [0.5, 0.6) is 0 Å². The molecule has 0 spiro atoms. The molecule has 0 amide bonds. The lowest BCUT2D eigenvalue weighted by Gasteiger charge is -2.30. The summed E-state index contributed by atoms with van der Waals surface area (Å²) < 4.78 is 3.03. The van der Waals surface area contributed by atoms with Gasteiger partial charge in [0, 0.05) is 32.8 Å². The molecule has 1 saturated heterocycles. The number of likely N-dealkylation sites (tertiary alicyclic amines) is 1. The number of halogens is 1. The van der Waals surface area contributed by atoms with Crippen LogP contribution in [-0.2, 0) is 20.6 Å². The molecule has 0 atom stereocenters. The largest absolute Gasteiger partial charge is 0.334 e. The third kappa shape index (κ3) is 2.93. The Morgan fingerprint density at radius 1 is 1.24 bits per heavy atom. The van der Waals surface area contributed by atoms with E-state index >= 15 is 0 Å². The molecule has 0 unspecified atom stereocenters. The van der Waals surface area contributed by atoms with Crippen molar-refractivity contribution in [3.63, 3.8) is 0 Å². The highest BCUT2D eigenvalue weighted by Crippen LogP contribution is 2.18. The minimum Gasteiger partial charge on any atom is -0.334 e. The van der Waals surface area contributed by atoms with Crippen LogP contribution >= 0.6 is 11.6 Å². The average molecular weight is 309 g/mol. The zero-order valence-corrected chi connectivity index (χ0v) is 12.8. The van der Waals surface area contributed by atoms with Gasteiger partial charge in [0.1, 0.15) is 5.69 Å². The van der Waals surface area contributed by atoms with Crippen LogP contribution in [0.4, 0.5) is 11.5 Å². The number of nitrogens with zero attached hydrogens (tertiary/aromatic N) is 5. The van der Waals surface area contributed by atoms with E-state index in [1.54, 1.807) is 7.05 Å². The van der Waals surface area contributed by atoms with Gasteiger partial charge in [-0.1, -0.05) is 11.6 Å². The minimum atomic E-state index is -0.241. The van der Waals surface area contributed by atoms with Gasteiger partial charge in [0.05, 0.1) is 5.69 Å². The Balaban J connectivity index is 1.82. The summed E-state index contributed by atoms with van der Waals surface area (Å²) in [6, 6.07) is 3.46. The zero-order chi connectivity index (χ0) is 15.0. The maximum Gasteiger partial charge on any atom is 0.290 e. The second-order valence-corrected chi connectivity index (χ2v) is 5.60. The van der Waals surface area contributed by atoms with Crippen LogP contribution in [0.15, 0.2) is 16.9 Å². The van der Waals surface area contributed by atoms with E-state index in [9.17, 15) is 4.79 Å². The van der Waals surface area contributed by atoms with Crippen molar-refractivity contribution in [2.75, 3.05) is 18.4 Å². The van der Waals surface area contributed by atoms with Gasteiger partial charge in [-0.25, -0.2) is 4.68 Å². The van der Waals surface area contributed by atoms with Gasteiger partial charge in [-0.3, -0.25) is 14.4 Å². The fourth-order valence-electron chi connectivity index (χ4n) is 2.28. The number of hydrogen-bond acceptors (Lipinski definition) is 5. The summed E-state index contributed by atoms with van der Waals surface area (Å²) >= 11 is 5.88. The molecular formula is C13H17ClN6O. The van der Waals surface area contributed by atoms with Crippen molar-refractivity contribution in [2.24, 2.45) is 14.1 Å². The van der Waals surface area contributed by atoms with E-state index in [1.165, 1.54) is 17.2 Å². The first-order valence-corrected chi connectivity index (χ1v) is 7.17. The zero-order valence-electron chi connectivity index (χ0n) is 12.0. The summed E-state index contributed by atoms with van der Waals surface area (Å²) in [4.78, 5) is 14.3. The van der Waals surface area contributed by atoms with Crippen molar-refractivity contribution in [2.45, 2.75) is 13.0 Å². The highest BCUT2D eigenvalue weighted by Gasteiger charge is 2.17. The SMILES string of the molecule is Cn1nc(Nc2cc(Cl)nn(C)c2=O)cc1CN1CCC1. The van der Waals surface area contributed by atoms with Crippen LogP contribution in [0.2, 0.25) is 5.15 Å². The average Bonchev–Trinajstić information content (AvgIpc) is 2.70. The molecule has 2 aromatic rings. The Morgan fingerprint density at radius 2 is 2.00 bits per heavy atom. The van der Waals surface area contributed by atoms with E-state index < -0.39 is 0 Å². The molecule has 1 aliphatic heterocycles. The van der Waals surface area contributed by atoms with Crippen molar-refractivity contribution in [1.82, 2.24) is 24.5 Å². The normalized spacial score (nSPS) is 15.0. The Kier molecular flexibility index (Phi) is 3.69. The Labute approximate surface area is 127 Å². The van der Waals surface area contributed by atoms with Crippen LogP contribution < -0.4 is 10.9 Å². The van der Waals surface area contributed by atoms with E-state index in [-0.39, 0.29) is 10.7 Å². The quantitative estimate of drug-likeness (QED) is 0.916. The topological polar surface area (TPSA) is 68.0 Å². The van der Waals surface area contributed by atoms with E-state index in [4.69, 9.17) is 11.6 Å². The molecule has 0 aliphatic carbocycles. The Hall–Kier alpha value is -1.86. The van der Waals surface area contributed by atoms with Crippen LogP contribution in [0.25, 0.3) is 0 Å². The molecule has 8 heteroatoms. The summed E-state index contributed by atoms with van der Waals surface area (Å²) in [7, 11) is 3.46. The maximum atomic E-state index is 12.0. The summed E-state index contributed by atoms with van der Waals surface area (Å²) in [6.45, 7) is 3.14. The van der Waals surface area contributed by atoms with E-state index in [0.29, 0.717) is 11.5 Å². The molecule has 3 heterocycles. The van der Waals surface area contributed by atoms with Crippen molar-refractivity contribution >= 4 is 23.1 Å². The molecule has 21 heavy (non-hydrogen) atoms. The Morgan fingerprint density at radius 3 is 2.67 bits per heavy atom. The van der Waals surface area contributed by atoms with Gasteiger partial charge in [-0.15, -0.1) is 0 Å². The fraction of sp³-hybridized carbons (Fsp3) is 0.462. The molecule has 2 aromatic heterocycles. The molecule has 0 aromatic carbocycles. The smallest absolute Gasteiger partial charge is 0.290 e. The molecule has 1 N–H and O–H groups in total. The van der Waals surface area contributed by atoms with Gasteiger partial charge in [-0.05, 0) is 19.5 Å². The molecular weight excluding hydrogens is 292 g/mol. The summed E-state index contributed by atoms with van der Waals surface area (Å²) in [5.41, 5.74) is 1.23. The molecule has 0 radical (unpaired) electrons. The lowest BCUT2D eigenvalue weighted by atomic mass is 10.2. The minimum absolute atomic E-state index is 0.241. The van der Waals surface area contributed by atoms with E-state index in [0.717, 1.165) is 25.3 Å².